The van der Waals surface area contributed by atoms with Crippen LogP contribution in [-0.4, -0.2) is 30.8 Å². The number of aryl methyl sites for hydroxylation is 1. The van der Waals surface area contributed by atoms with Gasteiger partial charge in [0.05, 0.1) is 0 Å². The van der Waals surface area contributed by atoms with E-state index >= 15 is 0 Å². The van der Waals surface area contributed by atoms with Gasteiger partial charge in [-0.1, -0.05) is 13.8 Å². The number of anilines is 1. The van der Waals surface area contributed by atoms with Crippen molar-refractivity contribution in [1.29, 1.82) is 0 Å². The Hall–Kier alpha value is -1.16. The molecule has 0 radical (unpaired) electrons. The lowest BCUT2D eigenvalue weighted by Gasteiger charge is -2.14. The van der Waals surface area contributed by atoms with E-state index in [1.54, 1.807) is 14.1 Å². The van der Waals surface area contributed by atoms with E-state index in [1.165, 1.54) is 21.8 Å². The predicted molar refractivity (Wildman–Crippen MR) is 79.5 cm³/mol. The van der Waals surface area contributed by atoms with Crippen LogP contribution in [0.2, 0.25) is 0 Å². The summed E-state index contributed by atoms with van der Waals surface area (Å²) in [7, 11) is 3.48. The van der Waals surface area contributed by atoms with E-state index in [1.807, 2.05) is 17.8 Å². The van der Waals surface area contributed by atoms with Gasteiger partial charge in [0.25, 0.3) is 0 Å². The van der Waals surface area contributed by atoms with Crippen molar-refractivity contribution in [2.24, 2.45) is 0 Å². The van der Waals surface area contributed by atoms with Gasteiger partial charge < -0.3 is 10.2 Å². The molecule has 0 saturated carbocycles. The minimum Gasteiger partial charge on any atom is -0.331 e. The van der Waals surface area contributed by atoms with Crippen molar-refractivity contribution in [3.8, 4) is 0 Å². The third kappa shape index (κ3) is 4.26. The first-order chi connectivity index (χ1) is 8.58. The fourth-order valence-corrected chi connectivity index (χ4v) is 2.50. The standard InChI is InChI=1S/C14H22N2OS/c1-5-9-18-13-8-7-12(10-11(13)6-2)15-14(17)16(3)4/h7-8,10H,5-6,9H2,1-4H3,(H,15,17). The number of nitrogens with zero attached hydrogens (tertiary/aromatic N) is 1. The maximum Gasteiger partial charge on any atom is 0.321 e. The first-order valence-electron chi connectivity index (χ1n) is 6.32. The minimum atomic E-state index is -0.0917. The molecule has 0 atom stereocenters. The SMILES string of the molecule is CCCSc1ccc(NC(=O)N(C)C)cc1CC. The highest BCUT2D eigenvalue weighted by Crippen LogP contribution is 2.26. The Morgan fingerprint density at radius 3 is 2.61 bits per heavy atom. The molecule has 0 bridgehead atoms. The Morgan fingerprint density at radius 2 is 2.06 bits per heavy atom. The molecule has 0 spiro atoms. The van der Waals surface area contributed by atoms with E-state index in [-0.39, 0.29) is 6.03 Å². The molecule has 18 heavy (non-hydrogen) atoms. The molecule has 1 aromatic carbocycles. The lowest BCUT2D eigenvalue weighted by molar-refractivity contribution is 0.230. The first-order valence-corrected chi connectivity index (χ1v) is 7.31. The minimum absolute atomic E-state index is 0.0917. The Balaban J connectivity index is 2.81. The maximum absolute atomic E-state index is 11.6. The molecular formula is C14H22N2OS. The number of carbonyl (C=O) groups excluding carboxylic acids is 1. The fourth-order valence-electron chi connectivity index (χ4n) is 1.52. The second kappa shape index (κ2) is 7.31. The van der Waals surface area contributed by atoms with Gasteiger partial charge in [-0.25, -0.2) is 4.79 Å². The zero-order chi connectivity index (χ0) is 13.5. The van der Waals surface area contributed by atoms with Gasteiger partial charge in [-0.2, -0.15) is 0 Å². The third-order valence-corrected chi connectivity index (χ3v) is 3.88. The van der Waals surface area contributed by atoms with Gasteiger partial charge in [0.15, 0.2) is 0 Å². The zero-order valence-corrected chi connectivity index (χ0v) is 12.4. The van der Waals surface area contributed by atoms with Crippen molar-refractivity contribution < 1.29 is 4.79 Å². The number of urea groups is 1. The second-order valence-electron chi connectivity index (χ2n) is 4.35. The molecule has 0 unspecified atom stereocenters. The molecule has 0 aliphatic carbocycles. The first kappa shape index (κ1) is 14.9. The van der Waals surface area contributed by atoms with Gasteiger partial charge in [-0.15, -0.1) is 11.8 Å². The third-order valence-electron chi connectivity index (χ3n) is 2.56. The van der Waals surface area contributed by atoms with E-state index in [9.17, 15) is 4.79 Å². The number of hydrogen-bond donors (Lipinski definition) is 1. The lowest BCUT2D eigenvalue weighted by atomic mass is 10.1. The van der Waals surface area contributed by atoms with Crippen LogP contribution in [0.5, 0.6) is 0 Å². The highest BCUT2D eigenvalue weighted by atomic mass is 32.2. The molecule has 0 aromatic heterocycles. The van der Waals surface area contributed by atoms with Crippen molar-refractivity contribution in [1.82, 2.24) is 4.90 Å². The predicted octanol–water partition coefficient (Wildman–Crippen LogP) is 3.84. The van der Waals surface area contributed by atoms with Gasteiger partial charge in [-0.05, 0) is 42.4 Å². The number of hydrogen-bond acceptors (Lipinski definition) is 2. The molecule has 2 amide bonds. The van der Waals surface area contributed by atoms with E-state index in [4.69, 9.17) is 0 Å². The molecule has 1 rings (SSSR count). The summed E-state index contributed by atoms with van der Waals surface area (Å²) in [5, 5.41) is 2.88. The van der Waals surface area contributed by atoms with Crippen molar-refractivity contribution in [2.75, 3.05) is 25.2 Å². The average Bonchev–Trinajstić information content (AvgIpc) is 2.36. The van der Waals surface area contributed by atoms with Crippen LogP contribution < -0.4 is 5.32 Å². The van der Waals surface area contributed by atoms with E-state index in [2.05, 4.69) is 31.3 Å². The molecule has 3 nitrogen and oxygen atoms in total. The summed E-state index contributed by atoms with van der Waals surface area (Å²) in [6.45, 7) is 4.33. The van der Waals surface area contributed by atoms with Gasteiger partial charge in [0.1, 0.15) is 0 Å². The Labute approximate surface area is 114 Å². The number of rotatable bonds is 5. The molecule has 100 valence electrons. The molecule has 1 N–H and O–H groups in total. The highest BCUT2D eigenvalue weighted by Gasteiger charge is 2.07. The molecular weight excluding hydrogens is 244 g/mol. The van der Waals surface area contributed by atoms with Gasteiger partial charge in [-0.3, -0.25) is 0 Å². The molecule has 0 saturated heterocycles. The van der Waals surface area contributed by atoms with E-state index in [0.717, 1.165) is 17.9 Å². The summed E-state index contributed by atoms with van der Waals surface area (Å²) in [6, 6.07) is 6.05. The van der Waals surface area contributed by atoms with Crippen LogP contribution in [0.15, 0.2) is 23.1 Å². The molecule has 0 fully saturated rings. The smallest absolute Gasteiger partial charge is 0.321 e. The molecule has 0 heterocycles. The van der Waals surface area contributed by atoms with Crippen LogP contribution in [0, 0.1) is 0 Å². The molecule has 4 heteroatoms. The Kier molecular flexibility index (Phi) is 6.05. The number of thioether (sulfide) groups is 1. The summed E-state index contributed by atoms with van der Waals surface area (Å²) in [5.41, 5.74) is 2.16. The van der Waals surface area contributed by atoms with Crippen LogP contribution in [0.25, 0.3) is 0 Å². The summed E-state index contributed by atoms with van der Waals surface area (Å²) in [4.78, 5) is 14.4. The lowest BCUT2D eigenvalue weighted by Crippen LogP contribution is -2.27. The topological polar surface area (TPSA) is 32.3 Å². The van der Waals surface area contributed by atoms with Crippen LogP contribution >= 0.6 is 11.8 Å². The number of amides is 2. The van der Waals surface area contributed by atoms with E-state index in [0.29, 0.717) is 0 Å². The van der Waals surface area contributed by atoms with Gasteiger partial charge in [0, 0.05) is 24.7 Å². The Morgan fingerprint density at radius 1 is 1.33 bits per heavy atom. The average molecular weight is 266 g/mol. The largest absolute Gasteiger partial charge is 0.331 e. The van der Waals surface area contributed by atoms with Crippen molar-refractivity contribution in [2.45, 2.75) is 31.6 Å². The summed E-state index contributed by atoms with van der Waals surface area (Å²) in [6.07, 6.45) is 2.16. The van der Waals surface area contributed by atoms with Crippen molar-refractivity contribution in [3.05, 3.63) is 23.8 Å². The van der Waals surface area contributed by atoms with Gasteiger partial charge >= 0.3 is 6.03 Å². The van der Waals surface area contributed by atoms with Crippen molar-refractivity contribution >= 4 is 23.5 Å². The van der Waals surface area contributed by atoms with Gasteiger partial charge in [0.2, 0.25) is 0 Å². The fraction of sp³-hybridized carbons (Fsp3) is 0.500. The maximum atomic E-state index is 11.6. The van der Waals surface area contributed by atoms with Crippen LogP contribution in [0.4, 0.5) is 10.5 Å². The second-order valence-corrected chi connectivity index (χ2v) is 5.49. The van der Waals surface area contributed by atoms with Crippen LogP contribution in [-0.2, 0) is 6.42 Å². The molecule has 0 aliphatic heterocycles. The summed E-state index contributed by atoms with van der Waals surface area (Å²) in [5.74, 6) is 1.14. The summed E-state index contributed by atoms with van der Waals surface area (Å²) < 4.78 is 0. The Bertz CT molecular complexity index is 405. The number of nitrogens with one attached hydrogen (secondary N) is 1. The number of carbonyl (C=O) groups is 1. The van der Waals surface area contributed by atoms with Crippen LogP contribution in [0.3, 0.4) is 0 Å². The quantitative estimate of drug-likeness (QED) is 0.821. The monoisotopic (exact) mass is 266 g/mol. The number of benzene rings is 1. The van der Waals surface area contributed by atoms with E-state index < -0.39 is 0 Å². The molecule has 1 aromatic rings. The van der Waals surface area contributed by atoms with Crippen molar-refractivity contribution in [3.63, 3.8) is 0 Å². The summed E-state index contributed by atoms with van der Waals surface area (Å²) >= 11 is 1.88. The normalized spacial score (nSPS) is 10.2. The molecule has 0 aliphatic rings. The van der Waals surface area contributed by atoms with Crippen LogP contribution in [0.1, 0.15) is 25.8 Å². The highest BCUT2D eigenvalue weighted by molar-refractivity contribution is 7.99. The zero-order valence-electron chi connectivity index (χ0n) is 11.6.